The van der Waals surface area contributed by atoms with E-state index in [9.17, 15) is 10.1 Å². The summed E-state index contributed by atoms with van der Waals surface area (Å²) in [5, 5.41) is 10.9. The Morgan fingerprint density at radius 3 is 1.71 bits per heavy atom. The van der Waals surface area contributed by atoms with Crippen LogP contribution >= 0.6 is 0 Å². The SMILES string of the molecule is CC(C)Cc1cc(CC(C)C)cc([N+](=O)[O-])c1. The maximum absolute atomic E-state index is 10.9. The van der Waals surface area contributed by atoms with Crippen LogP contribution in [0.2, 0.25) is 0 Å². The summed E-state index contributed by atoms with van der Waals surface area (Å²) in [7, 11) is 0. The van der Waals surface area contributed by atoms with Crippen molar-refractivity contribution in [2.45, 2.75) is 40.5 Å². The highest BCUT2D eigenvalue weighted by molar-refractivity contribution is 5.39. The zero-order valence-corrected chi connectivity index (χ0v) is 11.1. The normalized spacial score (nSPS) is 11.2. The summed E-state index contributed by atoms with van der Waals surface area (Å²) in [6.07, 6.45) is 1.79. The van der Waals surface area contributed by atoms with Crippen LogP contribution < -0.4 is 0 Å². The topological polar surface area (TPSA) is 43.1 Å². The van der Waals surface area contributed by atoms with Crippen molar-refractivity contribution in [3.8, 4) is 0 Å². The summed E-state index contributed by atoms with van der Waals surface area (Å²) >= 11 is 0. The number of nitro groups is 1. The van der Waals surface area contributed by atoms with Gasteiger partial charge in [-0.1, -0.05) is 33.8 Å². The molecule has 3 nitrogen and oxygen atoms in total. The van der Waals surface area contributed by atoms with Crippen LogP contribution in [0.3, 0.4) is 0 Å². The average molecular weight is 235 g/mol. The van der Waals surface area contributed by atoms with Crippen molar-refractivity contribution in [3.05, 3.63) is 39.4 Å². The Balaban J connectivity index is 3.04. The summed E-state index contributed by atoms with van der Waals surface area (Å²) in [6.45, 7) is 8.50. The standard InChI is InChI=1S/C14H21NO2/c1-10(2)5-12-7-13(6-11(3)4)9-14(8-12)15(16)17/h7-11H,5-6H2,1-4H3. The first kappa shape index (κ1) is 13.7. The van der Waals surface area contributed by atoms with Crippen molar-refractivity contribution >= 4 is 5.69 Å². The summed E-state index contributed by atoms with van der Waals surface area (Å²) in [6, 6.07) is 5.50. The lowest BCUT2D eigenvalue weighted by atomic mass is 9.96. The number of nitro benzene ring substituents is 1. The fourth-order valence-corrected chi connectivity index (χ4v) is 2.03. The molecular weight excluding hydrogens is 214 g/mol. The van der Waals surface area contributed by atoms with E-state index in [0.717, 1.165) is 24.0 Å². The molecule has 0 aliphatic rings. The Hall–Kier alpha value is -1.38. The monoisotopic (exact) mass is 235 g/mol. The first-order valence-electron chi connectivity index (χ1n) is 6.15. The van der Waals surface area contributed by atoms with E-state index < -0.39 is 0 Å². The van der Waals surface area contributed by atoms with Gasteiger partial charge in [0, 0.05) is 12.1 Å². The Labute approximate surface area is 103 Å². The zero-order valence-electron chi connectivity index (χ0n) is 11.1. The van der Waals surface area contributed by atoms with Gasteiger partial charge in [-0.05, 0) is 35.8 Å². The molecular formula is C14H21NO2. The summed E-state index contributed by atoms with van der Waals surface area (Å²) in [4.78, 5) is 10.6. The Kier molecular flexibility index (Phi) is 4.67. The van der Waals surface area contributed by atoms with Crippen molar-refractivity contribution < 1.29 is 4.92 Å². The number of benzene rings is 1. The van der Waals surface area contributed by atoms with Gasteiger partial charge in [0.05, 0.1) is 4.92 Å². The molecule has 17 heavy (non-hydrogen) atoms. The molecule has 0 radical (unpaired) electrons. The van der Waals surface area contributed by atoms with Crippen LogP contribution in [0.4, 0.5) is 5.69 Å². The third-order valence-electron chi connectivity index (χ3n) is 2.54. The molecule has 3 heteroatoms. The molecule has 0 aliphatic carbocycles. The quantitative estimate of drug-likeness (QED) is 0.572. The highest BCUT2D eigenvalue weighted by Crippen LogP contribution is 2.21. The highest BCUT2D eigenvalue weighted by Gasteiger charge is 2.11. The molecule has 1 aromatic carbocycles. The van der Waals surface area contributed by atoms with Crippen LogP contribution in [0.1, 0.15) is 38.8 Å². The molecule has 1 rings (SSSR count). The summed E-state index contributed by atoms with van der Waals surface area (Å²) in [5.41, 5.74) is 2.37. The van der Waals surface area contributed by atoms with Crippen LogP contribution in [0.5, 0.6) is 0 Å². The molecule has 0 saturated carbocycles. The third-order valence-corrected chi connectivity index (χ3v) is 2.54. The second kappa shape index (κ2) is 5.80. The lowest BCUT2D eigenvalue weighted by Gasteiger charge is -2.09. The Morgan fingerprint density at radius 1 is 1.00 bits per heavy atom. The number of nitrogens with zero attached hydrogens (tertiary/aromatic N) is 1. The molecule has 0 heterocycles. The second-order valence-corrected chi connectivity index (χ2v) is 5.46. The first-order chi connectivity index (χ1) is 7.88. The molecule has 0 unspecified atom stereocenters. The van der Waals surface area contributed by atoms with Crippen molar-refractivity contribution in [2.24, 2.45) is 11.8 Å². The Morgan fingerprint density at radius 2 is 1.41 bits per heavy atom. The van der Waals surface area contributed by atoms with Gasteiger partial charge in [0.1, 0.15) is 0 Å². The van der Waals surface area contributed by atoms with Crippen molar-refractivity contribution in [2.75, 3.05) is 0 Å². The van der Waals surface area contributed by atoms with Gasteiger partial charge in [0.25, 0.3) is 5.69 Å². The van der Waals surface area contributed by atoms with Gasteiger partial charge in [0.2, 0.25) is 0 Å². The van der Waals surface area contributed by atoms with Crippen molar-refractivity contribution in [1.82, 2.24) is 0 Å². The number of rotatable bonds is 5. The van der Waals surface area contributed by atoms with Crippen LogP contribution in [-0.4, -0.2) is 4.92 Å². The fourth-order valence-electron chi connectivity index (χ4n) is 2.03. The molecule has 0 aliphatic heterocycles. The van der Waals surface area contributed by atoms with E-state index >= 15 is 0 Å². The molecule has 0 fully saturated rings. The number of non-ortho nitro benzene ring substituents is 1. The van der Waals surface area contributed by atoms with Gasteiger partial charge >= 0.3 is 0 Å². The smallest absolute Gasteiger partial charge is 0.258 e. The predicted molar refractivity (Wildman–Crippen MR) is 70.2 cm³/mol. The van der Waals surface area contributed by atoms with E-state index in [2.05, 4.69) is 33.8 Å². The average Bonchev–Trinajstić information content (AvgIpc) is 2.14. The predicted octanol–water partition coefficient (Wildman–Crippen LogP) is 3.99. The molecule has 0 atom stereocenters. The van der Waals surface area contributed by atoms with E-state index in [1.165, 1.54) is 0 Å². The molecule has 0 amide bonds. The largest absolute Gasteiger partial charge is 0.269 e. The fraction of sp³-hybridized carbons (Fsp3) is 0.571. The van der Waals surface area contributed by atoms with E-state index in [1.54, 1.807) is 12.1 Å². The molecule has 0 bridgehead atoms. The minimum absolute atomic E-state index is 0.221. The molecule has 0 spiro atoms. The van der Waals surface area contributed by atoms with Crippen molar-refractivity contribution in [3.63, 3.8) is 0 Å². The van der Waals surface area contributed by atoms with Gasteiger partial charge in [0.15, 0.2) is 0 Å². The maximum atomic E-state index is 10.9. The van der Waals surface area contributed by atoms with Crippen LogP contribution in [0.15, 0.2) is 18.2 Å². The number of hydrogen-bond donors (Lipinski definition) is 0. The van der Waals surface area contributed by atoms with Gasteiger partial charge < -0.3 is 0 Å². The lowest BCUT2D eigenvalue weighted by Crippen LogP contribution is -2.01. The van der Waals surface area contributed by atoms with Crippen LogP contribution in [0.25, 0.3) is 0 Å². The number of hydrogen-bond acceptors (Lipinski definition) is 2. The minimum atomic E-state index is -0.298. The zero-order chi connectivity index (χ0) is 13.0. The van der Waals surface area contributed by atoms with Gasteiger partial charge in [-0.15, -0.1) is 0 Å². The maximum Gasteiger partial charge on any atom is 0.269 e. The summed E-state index contributed by atoms with van der Waals surface area (Å²) in [5.74, 6) is 1.04. The molecule has 1 aromatic rings. The summed E-state index contributed by atoms with van der Waals surface area (Å²) < 4.78 is 0. The van der Waals surface area contributed by atoms with E-state index in [-0.39, 0.29) is 10.6 Å². The van der Waals surface area contributed by atoms with E-state index in [4.69, 9.17) is 0 Å². The second-order valence-electron chi connectivity index (χ2n) is 5.46. The van der Waals surface area contributed by atoms with Crippen LogP contribution in [0, 0.1) is 22.0 Å². The van der Waals surface area contributed by atoms with Gasteiger partial charge in [-0.3, -0.25) is 10.1 Å². The highest BCUT2D eigenvalue weighted by atomic mass is 16.6. The third kappa shape index (κ3) is 4.55. The molecule has 94 valence electrons. The molecule has 0 saturated heterocycles. The lowest BCUT2D eigenvalue weighted by molar-refractivity contribution is -0.385. The molecule has 0 N–H and O–H groups in total. The van der Waals surface area contributed by atoms with Crippen molar-refractivity contribution in [1.29, 1.82) is 0 Å². The Bertz CT molecular complexity index is 369. The molecule has 0 aromatic heterocycles. The van der Waals surface area contributed by atoms with Gasteiger partial charge in [-0.25, -0.2) is 0 Å². The minimum Gasteiger partial charge on any atom is -0.258 e. The van der Waals surface area contributed by atoms with Crippen LogP contribution in [-0.2, 0) is 12.8 Å². The van der Waals surface area contributed by atoms with E-state index in [1.807, 2.05) is 0 Å². The van der Waals surface area contributed by atoms with Gasteiger partial charge in [-0.2, -0.15) is 0 Å². The first-order valence-corrected chi connectivity index (χ1v) is 6.15. The van der Waals surface area contributed by atoms with E-state index in [0.29, 0.717) is 11.8 Å².